The van der Waals surface area contributed by atoms with Crippen LogP contribution in [0.1, 0.15) is 18.1 Å². The highest BCUT2D eigenvalue weighted by atomic mass is 79.9. The number of rotatable bonds is 5. The van der Waals surface area contributed by atoms with Gasteiger partial charge in [-0.3, -0.25) is 0 Å². The fourth-order valence-electron chi connectivity index (χ4n) is 2.24. The molecule has 0 bridgehead atoms. The van der Waals surface area contributed by atoms with Crippen molar-refractivity contribution in [3.05, 3.63) is 63.1 Å². The Morgan fingerprint density at radius 1 is 1.19 bits per heavy atom. The molecule has 0 amide bonds. The Hall–Kier alpha value is -1.03. The lowest BCUT2D eigenvalue weighted by Gasteiger charge is -2.21. The summed E-state index contributed by atoms with van der Waals surface area (Å²) in [6.45, 7) is 2.86. The monoisotopic (exact) mass is 366 g/mol. The molecule has 0 aliphatic carbocycles. The maximum Gasteiger partial charge on any atom is 0.0426 e. The van der Waals surface area contributed by atoms with Gasteiger partial charge in [0.2, 0.25) is 0 Å². The second-order valence-corrected chi connectivity index (χ2v) is 6.73. The van der Waals surface area contributed by atoms with Crippen molar-refractivity contribution in [2.24, 2.45) is 5.73 Å². The topological polar surface area (TPSA) is 29.3 Å². The smallest absolute Gasteiger partial charge is 0.0426 e. The summed E-state index contributed by atoms with van der Waals surface area (Å²) in [5, 5.41) is 0.768. The Bertz CT molecular complexity index is 596. The van der Waals surface area contributed by atoms with Gasteiger partial charge in [0.25, 0.3) is 0 Å². The Morgan fingerprint density at radius 2 is 1.86 bits per heavy atom. The van der Waals surface area contributed by atoms with Gasteiger partial charge in [-0.15, -0.1) is 0 Å². The predicted octanol–water partition coefficient (Wildman–Crippen LogP) is 4.63. The van der Waals surface area contributed by atoms with E-state index < -0.39 is 0 Å². The molecule has 0 radical (unpaired) electrons. The van der Waals surface area contributed by atoms with E-state index in [9.17, 15) is 0 Å². The summed E-state index contributed by atoms with van der Waals surface area (Å²) in [6, 6.07) is 14.5. The molecular weight excluding hydrogens is 348 g/mol. The molecule has 0 fully saturated rings. The molecule has 4 heteroatoms. The molecule has 0 heterocycles. The number of hydrogen-bond donors (Lipinski definition) is 1. The lowest BCUT2D eigenvalue weighted by Crippen LogP contribution is -2.19. The summed E-state index contributed by atoms with van der Waals surface area (Å²) >= 11 is 9.55. The molecular formula is C17H20BrClN2. The summed E-state index contributed by atoms with van der Waals surface area (Å²) in [5.41, 5.74) is 9.51. The largest absolute Gasteiger partial charge is 0.370 e. The van der Waals surface area contributed by atoms with Crippen LogP contribution in [0, 0.1) is 0 Å². The Balaban J connectivity index is 2.10. The zero-order valence-electron chi connectivity index (χ0n) is 12.3. The lowest BCUT2D eigenvalue weighted by molar-refractivity contribution is 0.736. The van der Waals surface area contributed by atoms with Crippen LogP contribution in [0.3, 0.4) is 0 Å². The van der Waals surface area contributed by atoms with Gasteiger partial charge in [-0.1, -0.05) is 45.7 Å². The zero-order valence-corrected chi connectivity index (χ0v) is 14.7. The van der Waals surface area contributed by atoms with Gasteiger partial charge in [-0.25, -0.2) is 0 Å². The average molecular weight is 368 g/mol. The van der Waals surface area contributed by atoms with Gasteiger partial charge in [0.1, 0.15) is 0 Å². The molecule has 2 N–H and O–H groups in total. The summed E-state index contributed by atoms with van der Waals surface area (Å²) in [4.78, 5) is 2.21. The zero-order chi connectivity index (χ0) is 15.4. The quantitative estimate of drug-likeness (QED) is 0.835. The van der Waals surface area contributed by atoms with E-state index in [0.717, 1.165) is 22.5 Å². The third-order valence-corrected chi connectivity index (χ3v) is 4.34. The molecule has 2 nitrogen and oxygen atoms in total. The van der Waals surface area contributed by atoms with Crippen LogP contribution in [0.2, 0.25) is 5.02 Å². The minimum Gasteiger partial charge on any atom is -0.370 e. The van der Waals surface area contributed by atoms with Crippen molar-refractivity contribution in [2.75, 3.05) is 11.9 Å². The number of hydrogen-bond acceptors (Lipinski definition) is 2. The van der Waals surface area contributed by atoms with E-state index >= 15 is 0 Å². The molecule has 1 atom stereocenters. The van der Waals surface area contributed by atoms with Crippen molar-refractivity contribution >= 4 is 33.2 Å². The first-order chi connectivity index (χ1) is 9.95. The van der Waals surface area contributed by atoms with Crippen LogP contribution >= 0.6 is 27.5 Å². The number of nitrogens with two attached hydrogens (primary N) is 1. The molecule has 0 aliphatic rings. The van der Waals surface area contributed by atoms with E-state index in [2.05, 4.69) is 58.2 Å². The van der Waals surface area contributed by atoms with Crippen molar-refractivity contribution in [2.45, 2.75) is 25.9 Å². The fraction of sp³-hybridized carbons (Fsp3) is 0.294. The molecule has 21 heavy (non-hydrogen) atoms. The Kier molecular flexibility index (Phi) is 5.68. The first kappa shape index (κ1) is 16.3. The first-order valence-corrected chi connectivity index (χ1v) is 8.12. The summed E-state index contributed by atoms with van der Waals surface area (Å²) < 4.78 is 1.11. The molecule has 2 aromatic rings. The predicted molar refractivity (Wildman–Crippen MR) is 95.1 cm³/mol. The van der Waals surface area contributed by atoms with Gasteiger partial charge in [0.05, 0.1) is 0 Å². The second-order valence-electron chi connectivity index (χ2n) is 5.44. The molecule has 112 valence electrons. The third kappa shape index (κ3) is 4.73. The lowest BCUT2D eigenvalue weighted by atomic mass is 10.1. The van der Waals surface area contributed by atoms with Gasteiger partial charge >= 0.3 is 0 Å². The van der Waals surface area contributed by atoms with Crippen molar-refractivity contribution in [1.82, 2.24) is 0 Å². The number of benzene rings is 2. The van der Waals surface area contributed by atoms with Crippen LogP contribution in [0.25, 0.3) is 0 Å². The van der Waals surface area contributed by atoms with Gasteiger partial charge in [-0.2, -0.15) is 0 Å². The summed E-state index contributed by atoms with van der Waals surface area (Å²) in [7, 11) is 2.08. The highest BCUT2D eigenvalue weighted by Crippen LogP contribution is 2.25. The van der Waals surface area contributed by atoms with Gasteiger partial charge < -0.3 is 10.6 Å². The molecule has 2 aromatic carbocycles. The minimum absolute atomic E-state index is 0.166. The standard InChI is InChI=1S/C17H20BrClN2/c1-12(20)9-14-5-8-16(10-17(14)18)21(2)11-13-3-6-15(19)7-4-13/h3-8,10,12H,9,11,20H2,1-2H3. The van der Waals surface area contributed by atoms with Crippen LogP contribution in [-0.4, -0.2) is 13.1 Å². The fourth-order valence-corrected chi connectivity index (χ4v) is 2.90. The van der Waals surface area contributed by atoms with E-state index in [4.69, 9.17) is 17.3 Å². The normalized spacial score (nSPS) is 12.2. The maximum atomic E-state index is 5.91. The summed E-state index contributed by atoms with van der Waals surface area (Å²) in [6.07, 6.45) is 0.877. The molecule has 0 aliphatic heterocycles. The molecule has 0 saturated carbocycles. The second kappa shape index (κ2) is 7.30. The van der Waals surface area contributed by atoms with Gasteiger partial charge in [-0.05, 0) is 48.7 Å². The van der Waals surface area contributed by atoms with Gasteiger partial charge in [0, 0.05) is 34.8 Å². The molecule has 0 aromatic heterocycles. The first-order valence-electron chi connectivity index (χ1n) is 6.95. The third-order valence-electron chi connectivity index (χ3n) is 3.35. The Labute approximate surface area is 140 Å². The van der Waals surface area contributed by atoms with E-state index in [1.807, 2.05) is 19.1 Å². The van der Waals surface area contributed by atoms with Gasteiger partial charge in [0.15, 0.2) is 0 Å². The average Bonchev–Trinajstić information content (AvgIpc) is 2.43. The van der Waals surface area contributed by atoms with Crippen LogP contribution in [0.15, 0.2) is 46.9 Å². The van der Waals surface area contributed by atoms with Crippen LogP contribution in [0.5, 0.6) is 0 Å². The minimum atomic E-state index is 0.166. The van der Waals surface area contributed by atoms with Crippen molar-refractivity contribution in [3.8, 4) is 0 Å². The van der Waals surface area contributed by atoms with Crippen LogP contribution < -0.4 is 10.6 Å². The van der Waals surface area contributed by atoms with Crippen molar-refractivity contribution < 1.29 is 0 Å². The number of nitrogens with zero attached hydrogens (tertiary/aromatic N) is 1. The highest BCUT2D eigenvalue weighted by Gasteiger charge is 2.07. The SMILES string of the molecule is CC(N)Cc1ccc(N(C)Cc2ccc(Cl)cc2)cc1Br. The molecule has 2 rings (SSSR count). The highest BCUT2D eigenvalue weighted by molar-refractivity contribution is 9.10. The summed E-state index contributed by atoms with van der Waals surface area (Å²) in [5.74, 6) is 0. The van der Waals surface area contributed by atoms with Crippen LogP contribution in [0.4, 0.5) is 5.69 Å². The molecule has 0 saturated heterocycles. The van der Waals surface area contributed by atoms with Crippen molar-refractivity contribution in [3.63, 3.8) is 0 Å². The maximum absolute atomic E-state index is 5.91. The van der Waals surface area contributed by atoms with E-state index in [0.29, 0.717) is 0 Å². The van der Waals surface area contributed by atoms with E-state index in [1.54, 1.807) is 0 Å². The van der Waals surface area contributed by atoms with Crippen LogP contribution in [-0.2, 0) is 13.0 Å². The molecule has 0 spiro atoms. The number of anilines is 1. The number of halogens is 2. The molecule has 1 unspecified atom stereocenters. The van der Waals surface area contributed by atoms with E-state index in [-0.39, 0.29) is 6.04 Å². The van der Waals surface area contributed by atoms with E-state index in [1.165, 1.54) is 16.8 Å². The Morgan fingerprint density at radius 3 is 2.43 bits per heavy atom. The van der Waals surface area contributed by atoms with Crippen molar-refractivity contribution in [1.29, 1.82) is 0 Å².